The van der Waals surface area contributed by atoms with Crippen LogP contribution in [-0.4, -0.2) is 25.4 Å². The van der Waals surface area contributed by atoms with Gasteiger partial charge < -0.3 is 9.73 Å². The minimum atomic E-state index is -3.60. The van der Waals surface area contributed by atoms with Gasteiger partial charge in [0, 0.05) is 17.1 Å². The highest BCUT2D eigenvalue weighted by molar-refractivity contribution is 7.89. The van der Waals surface area contributed by atoms with Gasteiger partial charge in [-0.25, -0.2) is 18.1 Å². The summed E-state index contributed by atoms with van der Waals surface area (Å²) in [6.07, 6.45) is 1.55. The molecule has 158 valence electrons. The number of aromatic nitrogens is 1. The Bertz CT molecular complexity index is 1330. The van der Waals surface area contributed by atoms with Gasteiger partial charge in [0.2, 0.25) is 10.0 Å². The van der Waals surface area contributed by atoms with Gasteiger partial charge in [0.15, 0.2) is 5.76 Å². The van der Waals surface area contributed by atoms with Crippen molar-refractivity contribution in [3.05, 3.63) is 78.6 Å². The van der Waals surface area contributed by atoms with Gasteiger partial charge >= 0.3 is 0 Å². The van der Waals surface area contributed by atoms with E-state index in [1.165, 1.54) is 12.1 Å². The number of carbonyl (C=O) groups excluding carboxylic acids is 1. The maximum absolute atomic E-state index is 13.1. The number of amides is 1. The molecule has 0 saturated heterocycles. The number of pyridine rings is 1. The van der Waals surface area contributed by atoms with E-state index in [9.17, 15) is 13.2 Å². The zero-order valence-corrected chi connectivity index (χ0v) is 17.8. The van der Waals surface area contributed by atoms with E-state index < -0.39 is 10.0 Å². The number of hydrogen-bond donors (Lipinski definition) is 2. The van der Waals surface area contributed by atoms with Crippen molar-refractivity contribution in [3.8, 4) is 11.5 Å². The smallest absolute Gasteiger partial charge is 0.256 e. The summed E-state index contributed by atoms with van der Waals surface area (Å²) in [5.41, 5.74) is 2.14. The number of carbonyl (C=O) groups is 1. The third-order valence-corrected chi connectivity index (χ3v) is 6.22. The van der Waals surface area contributed by atoms with Crippen LogP contribution in [0, 0.1) is 0 Å². The van der Waals surface area contributed by atoms with Crippen molar-refractivity contribution < 1.29 is 17.6 Å². The van der Waals surface area contributed by atoms with Crippen LogP contribution in [-0.2, 0) is 10.0 Å². The van der Waals surface area contributed by atoms with Crippen molar-refractivity contribution in [2.45, 2.75) is 24.8 Å². The Hall–Kier alpha value is -3.49. The minimum Gasteiger partial charge on any atom is -0.463 e. The minimum absolute atomic E-state index is 0.133. The highest BCUT2D eigenvalue weighted by Crippen LogP contribution is 2.26. The van der Waals surface area contributed by atoms with E-state index in [0.717, 1.165) is 0 Å². The topological polar surface area (TPSA) is 101 Å². The van der Waals surface area contributed by atoms with Crippen molar-refractivity contribution in [1.29, 1.82) is 0 Å². The maximum atomic E-state index is 13.1. The Balaban J connectivity index is 1.64. The monoisotopic (exact) mass is 435 g/mol. The second-order valence-electron chi connectivity index (χ2n) is 7.30. The van der Waals surface area contributed by atoms with Crippen LogP contribution in [0.2, 0.25) is 0 Å². The number of fused-ring (bicyclic) bond motifs is 1. The molecule has 0 bridgehead atoms. The number of para-hydroxylation sites is 1. The van der Waals surface area contributed by atoms with Gasteiger partial charge in [0.25, 0.3) is 5.91 Å². The standard InChI is InChI=1S/C23H21N3O4S/c1-15(2)26-31(28,29)17-11-9-16(10-12-17)24-23(27)19-14-21(22-8-5-13-30-22)25-20-7-4-3-6-18(19)20/h3-15,26H,1-2H3,(H,24,27). The zero-order valence-electron chi connectivity index (χ0n) is 17.0. The molecule has 7 nitrogen and oxygen atoms in total. The second-order valence-corrected chi connectivity index (χ2v) is 9.02. The molecule has 0 saturated carbocycles. The van der Waals surface area contributed by atoms with Crippen LogP contribution in [0.15, 0.2) is 82.3 Å². The Morgan fingerprint density at radius 3 is 2.42 bits per heavy atom. The molecule has 1 amide bonds. The Morgan fingerprint density at radius 2 is 1.74 bits per heavy atom. The molecule has 2 aromatic carbocycles. The fourth-order valence-electron chi connectivity index (χ4n) is 3.21. The molecular weight excluding hydrogens is 414 g/mol. The first-order chi connectivity index (χ1) is 14.8. The molecule has 0 atom stereocenters. The van der Waals surface area contributed by atoms with Crippen LogP contribution in [0.3, 0.4) is 0 Å². The number of benzene rings is 2. The van der Waals surface area contributed by atoms with Gasteiger partial charge in [-0.1, -0.05) is 18.2 Å². The summed E-state index contributed by atoms with van der Waals surface area (Å²) in [5, 5.41) is 3.53. The molecule has 0 unspecified atom stereocenters. The van der Waals surface area contributed by atoms with Gasteiger partial charge in [-0.2, -0.15) is 0 Å². The molecule has 0 radical (unpaired) electrons. The quantitative estimate of drug-likeness (QED) is 0.466. The lowest BCUT2D eigenvalue weighted by Gasteiger charge is -2.12. The molecule has 0 fully saturated rings. The number of nitrogens with zero attached hydrogens (tertiary/aromatic N) is 1. The number of rotatable bonds is 6. The number of hydrogen-bond acceptors (Lipinski definition) is 5. The van der Waals surface area contributed by atoms with E-state index in [4.69, 9.17) is 4.42 Å². The molecule has 0 aliphatic carbocycles. The van der Waals surface area contributed by atoms with Crippen LogP contribution in [0.4, 0.5) is 5.69 Å². The molecule has 2 N–H and O–H groups in total. The predicted molar refractivity (Wildman–Crippen MR) is 119 cm³/mol. The van der Waals surface area contributed by atoms with Crippen LogP contribution in [0.25, 0.3) is 22.4 Å². The molecule has 0 aliphatic rings. The Morgan fingerprint density at radius 1 is 1.00 bits per heavy atom. The van der Waals surface area contributed by atoms with Crippen molar-refractivity contribution in [2.75, 3.05) is 5.32 Å². The van der Waals surface area contributed by atoms with Gasteiger partial charge in [-0.15, -0.1) is 0 Å². The predicted octanol–water partition coefficient (Wildman–Crippen LogP) is 4.43. The number of furan rings is 1. The molecule has 0 aliphatic heterocycles. The molecule has 0 spiro atoms. The Labute approximate surface area is 180 Å². The second kappa shape index (κ2) is 8.33. The zero-order chi connectivity index (χ0) is 22.0. The normalized spacial score (nSPS) is 11.7. The summed E-state index contributed by atoms with van der Waals surface area (Å²) in [7, 11) is -3.60. The molecule has 4 rings (SSSR count). The van der Waals surface area contributed by atoms with Crippen molar-refractivity contribution >= 4 is 32.5 Å². The fourth-order valence-corrected chi connectivity index (χ4v) is 4.46. The highest BCUT2D eigenvalue weighted by atomic mass is 32.2. The fraction of sp³-hybridized carbons (Fsp3) is 0.130. The van der Waals surface area contributed by atoms with Crippen molar-refractivity contribution in [3.63, 3.8) is 0 Å². The van der Waals surface area contributed by atoms with Gasteiger partial charge in [-0.3, -0.25) is 4.79 Å². The summed E-state index contributed by atoms with van der Waals surface area (Å²) >= 11 is 0. The van der Waals surface area contributed by atoms with Crippen molar-refractivity contribution in [2.24, 2.45) is 0 Å². The van der Waals surface area contributed by atoms with E-state index in [1.807, 2.05) is 24.3 Å². The van der Waals surface area contributed by atoms with E-state index in [1.54, 1.807) is 50.4 Å². The SMILES string of the molecule is CC(C)NS(=O)(=O)c1ccc(NC(=O)c2cc(-c3ccco3)nc3ccccc23)cc1. The Kier molecular flexibility index (Phi) is 5.58. The summed E-state index contributed by atoms with van der Waals surface area (Å²) in [6.45, 7) is 3.50. The van der Waals surface area contributed by atoms with Crippen molar-refractivity contribution in [1.82, 2.24) is 9.71 Å². The number of nitrogens with one attached hydrogen (secondary N) is 2. The summed E-state index contributed by atoms with van der Waals surface area (Å²) in [5.74, 6) is 0.231. The van der Waals surface area contributed by atoms with E-state index in [-0.39, 0.29) is 16.8 Å². The average molecular weight is 436 g/mol. The third kappa shape index (κ3) is 4.50. The summed E-state index contributed by atoms with van der Waals surface area (Å²) in [4.78, 5) is 17.8. The largest absolute Gasteiger partial charge is 0.463 e. The van der Waals surface area contributed by atoms with Gasteiger partial charge in [0.05, 0.1) is 22.2 Å². The molecule has 31 heavy (non-hydrogen) atoms. The van der Waals surface area contributed by atoms with E-state index in [2.05, 4.69) is 15.0 Å². The molecule has 2 aromatic heterocycles. The molecule has 2 heterocycles. The number of sulfonamides is 1. The maximum Gasteiger partial charge on any atom is 0.256 e. The van der Waals surface area contributed by atoms with Gasteiger partial charge in [0.1, 0.15) is 5.69 Å². The van der Waals surface area contributed by atoms with Crippen LogP contribution in [0.1, 0.15) is 24.2 Å². The molecule has 8 heteroatoms. The molecular formula is C23H21N3O4S. The van der Waals surface area contributed by atoms with Crippen LogP contribution in [0.5, 0.6) is 0 Å². The first kappa shape index (κ1) is 20.8. The lowest BCUT2D eigenvalue weighted by Crippen LogP contribution is -2.30. The first-order valence-electron chi connectivity index (χ1n) is 9.71. The first-order valence-corrected chi connectivity index (χ1v) is 11.2. The van der Waals surface area contributed by atoms with E-state index >= 15 is 0 Å². The van der Waals surface area contributed by atoms with Gasteiger partial charge in [-0.05, 0) is 62.4 Å². The number of anilines is 1. The van der Waals surface area contributed by atoms with Crippen LogP contribution >= 0.6 is 0 Å². The summed E-state index contributed by atoms with van der Waals surface area (Å²) in [6, 6.07) is 18.4. The lowest BCUT2D eigenvalue weighted by atomic mass is 10.1. The third-order valence-electron chi connectivity index (χ3n) is 4.55. The lowest BCUT2D eigenvalue weighted by molar-refractivity contribution is 0.102. The van der Waals surface area contributed by atoms with Crippen LogP contribution < -0.4 is 10.0 Å². The highest BCUT2D eigenvalue weighted by Gasteiger charge is 2.17. The average Bonchev–Trinajstić information content (AvgIpc) is 3.27. The summed E-state index contributed by atoms with van der Waals surface area (Å²) < 4.78 is 32.5. The molecule has 4 aromatic rings. The van der Waals surface area contributed by atoms with E-state index in [0.29, 0.717) is 33.6 Å².